The highest BCUT2D eigenvalue weighted by Gasteiger charge is 2.48. The highest BCUT2D eigenvalue weighted by atomic mass is 16.6. The molecule has 1 aliphatic rings. The Morgan fingerprint density at radius 3 is 2.23 bits per heavy atom. The van der Waals surface area contributed by atoms with Crippen molar-refractivity contribution in [3.63, 3.8) is 0 Å². The van der Waals surface area contributed by atoms with E-state index in [2.05, 4.69) is 0 Å². The molecule has 0 radical (unpaired) electrons. The molecule has 188 valence electrons. The minimum atomic E-state index is -1.72. The molecular formula is C24H26O11. The number of methoxy groups -OCH3 is 1. The zero-order valence-electron chi connectivity index (χ0n) is 19.6. The van der Waals surface area contributed by atoms with Crippen molar-refractivity contribution in [3.8, 4) is 11.5 Å². The van der Waals surface area contributed by atoms with Crippen LogP contribution in [0.25, 0.3) is 0 Å². The molecule has 0 aliphatic heterocycles. The molecule has 11 nitrogen and oxygen atoms in total. The number of fused-ring (bicyclic) bond motifs is 1. The molecule has 0 saturated carbocycles. The van der Waals surface area contributed by atoms with Gasteiger partial charge in [-0.1, -0.05) is 6.07 Å². The minimum Gasteiger partial charge on any atom is -0.493 e. The highest BCUT2D eigenvalue weighted by Crippen LogP contribution is 2.39. The first-order valence-electron chi connectivity index (χ1n) is 10.7. The lowest BCUT2D eigenvalue weighted by atomic mass is 9.86. The summed E-state index contributed by atoms with van der Waals surface area (Å²) in [5, 5.41) is 20.9. The second-order valence-corrected chi connectivity index (χ2v) is 7.97. The first kappa shape index (κ1) is 25.9. The monoisotopic (exact) mass is 490 g/mol. The number of aliphatic hydroxyl groups excluding tert-OH is 2. The normalized spacial score (nSPS) is 21.0. The predicted molar refractivity (Wildman–Crippen MR) is 118 cm³/mol. The molecule has 1 aromatic heterocycles. The number of aryl methyl sites for hydroxylation is 2. The van der Waals surface area contributed by atoms with Gasteiger partial charge in [-0.15, -0.1) is 0 Å². The molecule has 1 aromatic carbocycles. The van der Waals surface area contributed by atoms with Crippen molar-refractivity contribution in [1.29, 1.82) is 0 Å². The zero-order chi connectivity index (χ0) is 25.9. The van der Waals surface area contributed by atoms with E-state index >= 15 is 0 Å². The average Bonchev–Trinajstić information content (AvgIpc) is 2.77. The molecule has 0 spiro atoms. The van der Waals surface area contributed by atoms with Crippen molar-refractivity contribution >= 4 is 17.9 Å². The molecule has 35 heavy (non-hydrogen) atoms. The van der Waals surface area contributed by atoms with Crippen molar-refractivity contribution in [3.05, 3.63) is 57.1 Å². The average molecular weight is 490 g/mol. The van der Waals surface area contributed by atoms with Crippen LogP contribution < -0.4 is 14.9 Å². The van der Waals surface area contributed by atoms with Crippen LogP contribution in [0, 0.1) is 0 Å². The standard InChI is InChI=1S/C24H26O11/c1-11(25)32-18-9-14(6-8-17(18)31-4)5-7-15-10-16(28)19-20(29)21(30)23(33-12(2)26)24(22(19)35-15)34-13(3)27/h6,8-10,20-21,23-24,29-30H,5,7H2,1-4H3/t20-,21-,23-,24-/m0/s1. The molecule has 11 heteroatoms. The third-order valence-corrected chi connectivity index (χ3v) is 5.31. The molecule has 1 heterocycles. The van der Waals surface area contributed by atoms with E-state index in [-0.39, 0.29) is 29.3 Å². The van der Waals surface area contributed by atoms with Gasteiger partial charge in [0.15, 0.2) is 34.9 Å². The van der Waals surface area contributed by atoms with Crippen LogP contribution in [-0.4, -0.2) is 47.4 Å². The molecule has 0 unspecified atom stereocenters. The van der Waals surface area contributed by atoms with Gasteiger partial charge in [0.05, 0.1) is 12.7 Å². The van der Waals surface area contributed by atoms with Gasteiger partial charge in [-0.05, 0) is 24.1 Å². The van der Waals surface area contributed by atoms with Crippen LogP contribution in [0.15, 0.2) is 33.5 Å². The summed E-state index contributed by atoms with van der Waals surface area (Å²) in [4.78, 5) is 47.4. The summed E-state index contributed by atoms with van der Waals surface area (Å²) in [7, 11) is 1.44. The number of carbonyl (C=O) groups is 3. The zero-order valence-corrected chi connectivity index (χ0v) is 19.6. The summed E-state index contributed by atoms with van der Waals surface area (Å²) in [5.74, 6) is -1.48. The van der Waals surface area contributed by atoms with Crippen molar-refractivity contribution in [2.45, 2.75) is 58.0 Å². The van der Waals surface area contributed by atoms with Crippen LogP contribution >= 0.6 is 0 Å². The number of aliphatic hydroxyl groups is 2. The van der Waals surface area contributed by atoms with Crippen molar-refractivity contribution < 1.29 is 48.0 Å². The number of esters is 3. The van der Waals surface area contributed by atoms with E-state index < -0.39 is 47.8 Å². The summed E-state index contributed by atoms with van der Waals surface area (Å²) in [6, 6.07) is 6.17. The molecule has 3 rings (SSSR count). The van der Waals surface area contributed by atoms with E-state index in [1.54, 1.807) is 18.2 Å². The molecule has 2 N–H and O–H groups in total. The SMILES string of the molecule is COc1ccc(CCc2cc(=O)c3c(o2)[C@H](OC(C)=O)[C@@H](OC(C)=O)[C@@H](O)[C@H]3O)cc1OC(C)=O. The van der Waals surface area contributed by atoms with Gasteiger partial charge in [0, 0.05) is 33.3 Å². The van der Waals surface area contributed by atoms with E-state index in [0.717, 1.165) is 19.4 Å². The van der Waals surface area contributed by atoms with Gasteiger partial charge in [0.25, 0.3) is 0 Å². The molecule has 0 amide bonds. The molecule has 1 aliphatic carbocycles. The van der Waals surface area contributed by atoms with E-state index in [4.69, 9.17) is 23.4 Å². The van der Waals surface area contributed by atoms with E-state index in [0.29, 0.717) is 12.2 Å². The van der Waals surface area contributed by atoms with Crippen LogP contribution in [0.5, 0.6) is 11.5 Å². The van der Waals surface area contributed by atoms with Crippen molar-refractivity contribution in [2.24, 2.45) is 0 Å². The Morgan fingerprint density at radius 2 is 1.63 bits per heavy atom. The van der Waals surface area contributed by atoms with Gasteiger partial charge in [0.2, 0.25) is 0 Å². The van der Waals surface area contributed by atoms with Crippen LogP contribution in [-0.2, 0) is 36.7 Å². The Balaban J connectivity index is 1.95. The summed E-state index contributed by atoms with van der Waals surface area (Å²) in [5.41, 5.74) is -0.175. The topological polar surface area (TPSA) is 159 Å². The Bertz CT molecular complexity index is 1180. The smallest absolute Gasteiger partial charge is 0.308 e. The lowest BCUT2D eigenvalue weighted by Gasteiger charge is -2.36. The van der Waals surface area contributed by atoms with Gasteiger partial charge in [0.1, 0.15) is 18.0 Å². The predicted octanol–water partition coefficient (Wildman–Crippen LogP) is 1.30. The first-order chi connectivity index (χ1) is 16.5. The van der Waals surface area contributed by atoms with Crippen LogP contribution in [0.2, 0.25) is 0 Å². The molecule has 2 aromatic rings. The summed E-state index contributed by atoms with van der Waals surface area (Å²) < 4.78 is 26.5. The fraction of sp³-hybridized carbons (Fsp3) is 0.417. The number of rotatable bonds is 7. The fourth-order valence-corrected chi connectivity index (χ4v) is 3.88. The second kappa shape index (κ2) is 10.7. The largest absolute Gasteiger partial charge is 0.493 e. The van der Waals surface area contributed by atoms with Crippen LogP contribution in [0.1, 0.15) is 55.6 Å². The summed E-state index contributed by atoms with van der Waals surface area (Å²) in [6.45, 7) is 3.46. The van der Waals surface area contributed by atoms with Gasteiger partial charge in [-0.3, -0.25) is 19.2 Å². The van der Waals surface area contributed by atoms with Gasteiger partial charge in [-0.25, -0.2) is 0 Å². The Labute approximate surface area is 200 Å². The summed E-state index contributed by atoms with van der Waals surface area (Å²) >= 11 is 0. The van der Waals surface area contributed by atoms with Crippen LogP contribution in [0.4, 0.5) is 0 Å². The first-order valence-corrected chi connectivity index (χ1v) is 10.7. The number of ether oxygens (including phenoxy) is 4. The number of hydrogen-bond donors (Lipinski definition) is 2. The van der Waals surface area contributed by atoms with E-state index in [1.807, 2.05) is 0 Å². The van der Waals surface area contributed by atoms with Gasteiger partial charge >= 0.3 is 17.9 Å². The van der Waals surface area contributed by atoms with E-state index in [1.165, 1.54) is 20.1 Å². The minimum absolute atomic E-state index is 0.195. The Morgan fingerprint density at radius 1 is 0.943 bits per heavy atom. The molecule has 4 atom stereocenters. The third-order valence-electron chi connectivity index (χ3n) is 5.31. The summed E-state index contributed by atoms with van der Waals surface area (Å²) in [6.07, 6.45) is -5.79. The number of hydrogen-bond acceptors (Lipinski definition) is 11. The van der Waals surface area contributed by atoms with Crippen molar-refractivity contribution in [1.82, 2.24) is 0 Å². The molecule has 0 saturated heterocycles. The quantitative estimate of drug-likeness (QED) is 0.425. The second-order valence-electron chi connectivity index (χ2n) is 7.97. The van der Waals surface area contributed by atoms with Crippen LogP contribution in [0.3, 0.4) is 0 Å². The lowest BCUT2D eigenvalue weighted by Crippen LogP contribution is -2.47. The maximum atomic E-state index is 12.8. The Hall–Kier alpha value is -3.70. The molecular weight excluding hydrogens is 464 g/mol. The number of benzene rings is 1. The molecule has 0 fully saturated rings. The van der Waals surface area contributed by atoms with Gasteiger partial charge in [-0.2, -0.15) is 0 Å². The van der Waals surface area contributed by atoms with Crippen molar-refractivity contribution in [2.75, 3.05) is 7.11 Å². The maximum Gasteiger partial charge on any atom is 0.308 e. The van der Waals surface area contributed by atoms with E-state index in [9.17, 15) is 29.4 Å². The molecule has 0 bridgehead atoms. The fourth-order valence-electron chi connectivity index (χ4n) is 3.88. The maximum absolute atomic E-state index is 12.8. The lowest BCUT2D eigenvalue weighted by molar-refractivity contribution is -0.190. The highest BCUT2D eigenvalue weighted by molar-refractivity contribution is 5.70. The third kappa shape index (κ3) is 5.87. The van der Waals surface area contributed by atoms with Gasteiger partial charge < -0.3 is 33.6 Å². The number of carbonyl (C=O) groups excluding carboxylic acids is 3. The Kier molecular flexibility index (Phi) is 7.92.